The Morgan fingerprint density at radius 1 is 0.417 bits per heavy atom. The maximum absolute atomic E-state index is 13.1. The lowest BCUT2D eigenvalue weighted by Gasteiger charge is -2.25. The fraction of sp³-hybridized carbons (Fsp3) is 0.747. The first-order valence-electron chi connectivity index (χ1n) is 35.3. The Kier molecular flexibility index (Phi) is 62.4. The van der Waals surface area contributed by atoms with Crippen molar-refractivity contribution in [3.05, 3.63) is 109 Å². The molecule has 0 fully saturated rings. The topological polar surface area (TPSA) is 105 Å². The Morgan fingerprint density at radius 2 is 0.726 bits per heavy atom. The van der Waals surface area contributed by atoms with E-state index in [1.54, 1.807) is 6.08 Å². The van der Waals surface area contributed by atoms with Crippen LogP contribution < -0.4 is 5.32 Å². The van der Waals surface area contributed by atoms with Crippen LogP contribution in [0.15, 0.2) is 109 Å². The summed E-state index contributed by atoms with van der Waals surface area (Å²) in [7, 11) is 1.54. The molecule has 3 unspecified atom stereocenters. The second-order valence-corrected chi connectivity index (χ2v) is 26.3. The van der Waals surface area contributed by atoms with Gasteiger partial charge in [0.2, 0.25) is 5.91 Å². The molecule has 0 saturated heterocycles. The average molecular weight is 1190 g/mol. The zero-order valence-electron chi connectivity index (χ0n) is 55.6. The Morgan fingerprint density at radius 3 is 1.10 bits per heavy atom. The van der Waals surface area contributed by atoms with Gasteiger partial charge in [0.15, 0.2) is 0 Å². The van der Waals surface area contributed by atoms with Crippen molar-refractivity contribution in [3.63, 3.8) is 0 Å². The SMILES string of the molecule is CC/C=C\C/C=C\C/C=C\C/C=C\C/C=C\C/C=C\CCCCCCCCCCCCCCCCCCC(=O)NC(COP(=O)(O)OCC[N+](C)(C)C)C(O)/C=C/CC/C=C/CC/C=C/CCCCCCCCCCCCCCCCCCC. The van der Waals surface area contributed by atoms with Crippen LogP contribution in [-0.4, -0.2) is 73.4 Å². The summed E-state index contributed by atoms with van der Waals surface area (Å²) in [5, 5.41) is 14.0. The Labute approximate surface area is 521 Å². The number of phosphoric ester groups is 1. The number of rotatable bonds is 64. The summed E-state index contributed by atoms with van der Waals surface area (Å²) in [5.74, 6) is -0.191. The predicted octanol–water partition coefficient (Wildman–Crippen LogP) is 22.7. The number of unbranched alkanes of at least 4 members (excludes halogenated alkanes) is 35. The Balaban J connectivity index is 4.13. The van der Waals surface area contributed by atoms with Crippen LogP contribution in [0.1, 0.15) is 309 Å². The predicted molar refractivity (Wildman–Crippen MR) is 369 cm³/mol. The number of carbonyl (C=O) groups is 1. The van der Waals surface area contributed by atoms with E-state index < -0.39 is 20.0 Å². The molecule has 0 rings (SSSR count). The number of hydrogen-bond donors (Lipinski definition) is 3. The number of quaternary nitrogens is 1. The molecule has 0 saturated carbocycles. The number of likely N-dealkylation sites (N-methyl/N-ethyl adjacent to an activating group) is 1. The van der Waals surface area contributed by atoms with Gasteiger partial charge in [-0.1, -0.05) is 316 Å². The highest BCUT2D eigenvalue weighted by Crippen LogP contribution is 2.43. The fourth-order valence-corrected chi connectivity index (χ4v) is 10.8. The van der Waals surface area contributed by atoms with E-state index in [-0.39, 0.29) is 19.1 Å². The summed E-state index contributed by atoms with van der Waals surface area (Å²) in [5.41, 5.74) is 0. The third-order valence-corrected chi connectivity index (χ3v) is 16.4. The summed E-state index contributed by atoms with van der Waals surface area (Å²) >= 11 is 0. The minimum absolute atomic E-state index is 0.0502. The first-order valence-corrected chi connectivity index (χ1v) is 36.8. The first kappa shape index (κ1) is 81.2. The molecular weight excluding hydrogens is 1060 g/mol. The minimum Gasteiger partial charge on any atom is -0.387 e. The van der Waals surface area contributed by atoms with Crippen LogP contribution in [0.4, 0.5) is 0 Å². The van der Waals surface area contributed by atoms with Crippen molar-refractivity contribution in [3.8, 4) is 0 Å². The fourth-order valence-electron chi connectivity index (χ4n) is 10.0. The molecule has 3 atom stereocenters. The van der Waals surface area contributed by atoms with E-state index in [1.165, 1.54) is 205 Å². The van der Waals surface area contributed by atoms with Gasteiger partial charge in [0.1, 0.15) is 13.2 Å². The molecule has 0 heterocycles. The van der Waals surface area contributed by atoms with Gasteiger partial charge in [-0.2, -0.15) is 0 Å². The lowest BCUT2D eigenvalue weighted by molar-refractivity contribution is -0.870. The Hall–Kier alpha value is -2.84. The molecule has 0 aliphatic heterocycles. The van der Waals surface area contributed by atoms with Crippen molar-refractivity contribution in [2.45, 2.75) is 321 Å². The highest BCUT2D eigenvalue weighted by Gasteiger charge is 2.28. The lowest BCUT2D eigenvalue weighted by atomic mass is 10.0. The van der Waals surface area contributed by atoms with Crippen LogP contribution in [0.2, 0.25) is 0 Å². The normalized spacial score (nSPS) is 14.3. The quantitative estimate of drug-likeness (QED) is 0.0243. The Bertz CT molecular complexity index is 1740. The lowest BCUT2D eigenvalue weighted by Crippen LogP contribution is -2.45. The second kappa shape index (κ2) is 64.6. The number of aliphatic hydroxyl groups is 1. The highest BCUT2D eigenvalue weighted by molar-refractivity contribution is 7.47. The van der Waals surface area contributed by atoms with E-state index >= 15 is 0 Å². The smallest absolute Gasteiger partial charge is 0.387 e. The van der Waals surface area contributed by atoms with Gasteiger partial charge in [-0.3, -0.25) is 13.8 Å². The summed E-state index contributed by atoms with van der Waals surface area (Å²) in [6.45, 7) is 4.70. The number of nitrogens with zero attached hydrogens (tertiary/aromatic N) is 1. The zero-order valence-corrected chi connectivity index (χ0v) is 56.5. The number of amides is 1. The second-order valence-electron chi connectivity index (χ2n) is 24.9. The van der Waals surface area contributed by atoms with E-state index in [0.29, 0.717) is 17.4 Å². The van der Waals surface area contributed by atoms with E-state index in [2.05, 4.69) is 116 Å². The van der Waals surface area contributed by atoms with Gasteiger partial charge in [-0.25, -0.2) is 4.57 Å². The van der Waals surface area contributed by atoms with Gasteiger partial charge in [-0.15, -0.1) is 0 Å². The third-order valence-electron chi connectivity index (χ3n) is 15.5. The number of nitrogens with one attached hydrogen (secondary N) is 1. The number of carbonyl (C=O) groups excluding carboxylic acids is 1. The van der Waals surface area contributed by atoms with Crippen LogP contribution in [0.3, 0.4) is 0 Å². The standard InChI is InChI=1S/C75H135N2O6P/c1-6-8-10-12-14-16-18-20-22-24-26-28-30-32-34-35-36-37-38-39-40-41-43-45-47-49-51-53-55-57-59-61-63-65-67-69-75(79)76-73(72-83-84(80,81)82-71-70-77(3,4)5)74(78)68-66-64-62-60-58-56-54-52-50-48-46-44-42-33-31-29-27-25-23-21-19-17-15-13-11-9-7-2/h8,10,14,16,20,22,26,28,32,34,36-37,50,52,58,60,66,68,73-74,78H,6-7,9,11-13,15,17-19,21,23-25,27,29-31,33,35,38-49,51,53-57,59,61-65,67,69-72H2,1-5H3,(H-,76,79,80,81)/p+1/b10-8-,16-14-,22-20-,28-26-,34-32-,37-36-,52-50+,60-58+,68-66+. The first-order chi connectivity index (χ1) is 41.0. The van der Waals surface area contributed by atoms with Crippen molar-refractivity contribution >= 4 is 13.7 Å². The number of aliphatic hydroxyl groups excluding tert-OH is 1. The van der Waals surface area contributed by atoms with E-state index in [0.717, 1.165) is 83.5 Å². The summed E-state index contributed by atoms with van der Waals surface area (Å²) in [6, 6.07) is -0.877. The van der Waals surface area contributed by atoms with Gasteiger partial charge >= 0.3 is 7.82 Å². The summed E-state index contributed by atoms with van der Waals surface area (Å²) in [6.07, 6.45) is 95.3. The van der Waals surface area contributed by atoms with Gasteiger partial charge in [-0.05, 0) is 96.3 Å². The molecule has 8 nitrogen and oxygen atoms in total. The molecule has 486 valence electrons. The van der Waals surface area contributed by atoms with Crippen molar-refractivity contribution in [2.24, 2.45) is 0 Å². The molecule has 0 aliphatic carbocycles. The molecule has 1 amide bonds. The van der Waals surface area contributed by atoms with Crippen molar-refractivity contribution in [1.29, 1.82) is 0 Å². The maximum atomic E-state index is 13.1. The van der Waals surface area contributed by atoms with Crippen LogP contribution in [-0.2, 0) is 18.4 Å². The molecule has 0 aromatic carbocycles. The van der Waals surface area contributed by atoms with Gasteiger partial charge in [0.25, 0.3) is 0 Å². The number of phosphoric acid groups is 1. The molecule has 0 spiro atoms. The van der Waals surface area contributed by atoms with Crippen LogP contribution in [0.25, 0.3) is 0 Å². The number of allylic oxidation sites excluding steroid dienone is 17. The molecular formula is C75H136N2O6P+. The van der Waals surface area contributed by atoms with Crippen molar-refractivity contribution in [1.82, 2.24) is 5.32 Å². The third kappa shape index (κ3) is 66.7. The monoisotopic (exact) mass is 1190 g/mol. The van der Waals surface area contributed by atoms with Gasteiger partial charge in [0.05, 0.1) is 39.9 Å². The molecule has 0 aromatic heterocycles. The maximum Gasteiger partial charge on any atom is 0.472 e. The van der Waals surface area contributed by atoms with E-state index in [9.17, 15) is 19.4 Å². The molecule has 0 aromatic rings. The highest BCUT2D eigenvalue weighted by atomic mass is 31.2. The molecule has 9 heteroatoms. The van der Waals surface area contributed by atoms with Gasteiger partial charge in [0, 0.05) is 6.42 Å². The molecule has 3 N–H and O–H groups in total. The van der Waals surface area contributed by atoms with Crippen LogP contribution in [0, 0.1) is 0 Å². The van der Waals surface area contributed by atoms with E-state index in [4.69, 9.17) is 9.05 Å². The molecule has 0 radical (unpaired) electrons. The minimum atomic E-state index is -4.37. The molecule has 84 heavy (non-hydrogen) atoms. The summed E-state index contributed by atoms with van der Waals surface area (Å²) < 4.78 is 23.8. The van der Waals surface area contributed by atoms with Crippen LogP contribution >= 0.6 is 7.82 Å². The molecule has 0 aliphatic rings. The molecule has 0 bridgehead atoms. The average Bonchev–Trinajstić information content (AvgIpc) is 3.56. The van der Waals surface area contributed by atoms with Gasteiger partial charge < -0.3 is 19.8 Å². The van der Waals surface area contributed by atoms with Crippen molar-refractivity contribution < 1.29 is 32.9 Å². The number of hydrogen-bond acceptors (Lipinski definition) is 5. The zero-order chi connectivity index (χ0) is 61.2. The largest absolute Gasteiger partial charge is 0.472 e. The van der Waals surface area contributed by atoms with Crippen molar-refractivity contribution in [2.75, 3.05) is 40.9 Å². The van der Waals surface area contributed by atoms with E-state index in [1.807, 2.05) is 27.2 Å². The summed E-state index contributed by atoms with van der Waals surface area (Å²) in [4.78, 5) is 23.4. The van der Waals surface area contributed by atoms with Crippen LogP contribution in [0.5, 0.6) is 0 Å².